The molecular weight excluding hydrogens is 396 g/mol. The zero-order chi connectivity index (χ0) is 21.3. The predicted octanol–water partition coefficient (Wildman–Crippen LogP) is 4.82. The van der Waals surface area contributed by atoms with Gasteiger partial charge >= 0.3 is 0 Å². The third kappa shape index (κ3) is 6.07. The average molecular weight is 425 g/mol. The van der Waals surface area contributed by atoms with E-state index >= 15 is 0 Å². The first-order chi connectivity index (χ1) is 14.6. The summed E-state index contributed by atoms with van der Waals surface area (Å²) in [5.74, 6) is 1.47. The minimum atomic E-state index is -0.0212. The number of thiazole rings is 1. The van der Waals surface area contributed by atoms with E-state index in [-0.39, 0.29) is 12.3 Å². The molecule has 1 N–H and O–H groups in total. The number of aromatic nitrogens is 1. The van der Waals surface area contributed by atoms with E-state index in [0.29, 0.717) is 19.8 Å². The fourth-order valence-corrected chi connectivity index (χ4v) is 3.94. The highest BCUT2D eigenvalue weighted by Gasteiger charge is 2.10. The molecule has 3 rings (SSSR count). The van der Waals surface area contributed by atoms with Gasteiger partial charge in [-0.2, -0.15) is 0 Å². The minimum absolute atomic E-state index is 0.0212. The normalized spacial score (nSPS) is 10.6. The summed E-state index contributed by atoms with van der Waals surface area (Å²) in [7, 11) is 0. The maximum absolute atomic E-state index is 12.3. The number of ether oxygens (including phenoxy) is 2. The fourth-order valence-electron chi connectivity index (χ4n) is 3.12. The van der Waals surface area contributed by atoms with Crippen LogP contribution in [0.15, 0.2) is 47.8 Å². The van der Waals surface area contributed by atoms with Crippen LogP contribution in [0.3, 0.4) is 0 Å². The van der Waals surface area contributed by atoms with Gasteiger partial charge in [0.2, 0.25) is 5.91 Å². The lowest BCUT2D eigenvalue weighted by Crippen LogP contribution is -2.27. The highest BCUT2D eigenvalue weighted by Crippen LogP contribution is 2.28. The first kappa shape index (κ1) is 21.8. The Morgan fingerprint density at radius 1 is 1.07 bits per heavy atom. The largest absolute Gasteiger partial charge is 0.490 e. The summed E-state index contributed by atoms with van der Waals surface area (Å²) in [6.45, 7) is 7.70. The van der Waals surface area contributed by atoms with Gasteiger partial charge in [0.05, 0.1) is 25.3 Å². The minimum Gasteiger partial charge on any atom is -0.490 e. The van der Waals surface area contributed by atoms with Crippen LogP contribution in [-0.4, -0.2) is 30.6 Å². The molecule has 0 radical (unpaired) electrons. The van der Waals surface area contributed by atoms with E-state index in [2.05, 4.69) is 29.4 Å². The summed E-state index contributed by atoms with van der Waals surface area (Å²) < 4.78 is 11.3. The molecule has 0 aliphatic rings. The van der Waals surface area contributed by atoms with Gasteiger partial charge in [-0.3, -0.25) is 4.79 Å². The molecule has 0 bridgehead atoms. The molecule has 0 saturated carbocycles. The van der Waals surface area contributed by atoms with Crippen molar-refractivity contribution in [2.45, 2.75) is 33.6 Å². The van der Waals surface area contributed by atoms with E-state index in [1.54, 1.807) is 11.3 Å². The quantitative estimate of drug-likeness (QED) is 0.507. The predicted molar refractivity (Wildman–Crippen MR) is 121 cm³/mol. The number of benzene rings is 2. The molecule has 3 aromatic rings. The van der Waals surface area contributed by atoms with Crippen LogP contribution < -0.4 is 14.8 Å². The average Bonchev–Trinajstić information content (AvgIpc) is 3.18. The van der Waals surface area contributed by atoms with E-state index in [9.17, 15) is 4.79 Å². The number of hydrogen-bond acceptors (Lipinski definition) is 5. The van der Waals surface area contributed by atoms with Crippen molar-refractivity contribution in [1.82, 2.24) is 10.3 Å². The zero-order valence-corrected chi connectivity index (χ0v) is 18.6. The monoisotopic (exact) mass is 424 g/mol. The van der Waals surface area contributed by atoms with Crippen molar-refractivity contribution in [3.05, 3.63) is 64.7 Å². The van der Waals surface area contributed by atoms with Gasteiger partial charge in [-0.15, -0.1) is 11.3 Å². The topological polar surface area (TPSA) is 60.5 Å². The van der Waals surface area contributed by atoms with Gasteiger partial charge in [-0.05, 0) is 51.0 Å². The number of amides is 1. The molecule has 2 aromatic carbocycles. The Labute approximate surface area is 182 Å². The Bertz CT molecular complexity index is 984. The number of carbonyl (C=O) groups excluding carboxylic acids is 1. The number of nitrogens with one attached hydrogen (secondary N) is 1. The van der Waals surface area contributed by atoms with Crippen molar-refractivity contribution in [1.29, 1.82) is 0 Å². The maximum Gasteiger partial charge on any atom is 0.226 e. The highest BCUT2D eigenvalue weighted by atomic mass is 32.1. The molecule has 30 heavy (non-hydrogen) atoms. The number of rotatable bonds is 10. The standard InChI is InChI=1S/C24H28N2O3S/c1-4-28-21-10-9-18(14-22(21)29-5-2)11-12-25-23(27)15-20-16-30-24(26-20)19-8-6-7-17(3)13-19/h6-10,13-14,16H,4-5,11-12,15H2,1-3H3,(H,25,27). The smallest absolute Gasteiger partial charge is 0.226 e. The van der Waals surface area contributed by atoms with Gasteiger partial charge in [-0.25, -0.2) is 4.98 Å². The highest BCUT2D eigenvalue weighted by molar-refractivity contribution is 7.13. The molecule has 1 amide bonds. The molecule has 0 fully saturated rings. The Hall–Kier alpha value is -2.86. The first-order valence-electron chi connectivity index (χ1n) is 10.3. The SMILES string of the molecule is CCOc1ccc(CCNC(=O)Cc2csc(-c3cccc(C)c3)n2)cc1OCC. The lowest BCUT2D eigenvalue weighted by Gasteiger charge is -2.12. The Balaban J connectivity index is 1.51. The van der Waals surface area contributed by atoms with Gasteiger partial charge in [0.1, 0.15) is 5.01 Å². The molecule has 0 atom stereocenters. The molecule has 0 saturated heterocycles. The van der Waals surface area contributed by atoms with Gasteiger partial charge < -0.3 is 14.8 Å². The summed E-state index contributed by atoms with van der Waals surface area (Å²) in [6.07, 6.45) is 1.01. The van der Waals surface area contributed by atoms with Crippen LogP contribution >= 0.6 is 11.3 Å². The number of carbonyl (C=O) groups is 1. The van der Waals surface area contributed by atoms with Crippen LogP contribution in [0, 0.1) is 6.92 Å². The zero-order valence-electron chi connectivity index (χ0n) is 17.7. The maximum atomic E-state index is 12.3. The molecule has 0 unspecified atom stereocenters. The summed E-state index contributed by atoms with van der Waals surface area (Å²) >= 11 is 1.57. The van der Waals surface area contributed by atoms with Crippen molar-refractivity contribution in [3.8, 4) is 22.1 Å². The summed E-state index contributed by atoms with van der Waals surface area (Å²) in [5, 5.41) is 5.88. The number of nitrogens with zero attached hydrogens (tertiary/aromatic N) is 1. The Kier molecular flexibility index (Phi) is 7.85. The fraction of sp³-hybridized carbons (Fsp3) is 0.333. The number of hydrogen-bond donors (Lipinski definition) is 1. The van der Waals surface area contributed by atoms with Gasteiger partial charge in [0.25, 0.3) is 0 Å². The Morgan fingerprint density at radius 2 is 1.87 bits per heavy atom. The second kappa shape index (κ2) is 10.8. The molecule has 1 heterocycles. The van der Waals surface area contributed by atoms with E-state index in [1.807, 2.05) is 49.6 Å². The van der Waals surface area contributed by atoms with E-state index in [4.69, 9.17) is 9.47 Å². The van der Waals surface area contributed by atoms with Crippen molar-refractivity contribution in [2.24, 2.45) is 0 Å². The lowest BCUT2D eigenvalue weighted by atomic mass is 10.1. The van der Waals surface area contributed by atoms with E-state index in [0.717, 1.165) is 39.7 Å². The van der Waals surface area contributed by atoms with Gasteiger partial charge in [0.15, 0.2) is 11.5 Å². The first-order valence-corrected chi connectivity index (χ1v) is 11.1. The van der Waals surface area contributed by atoms with E-state index < -0.39 is 0 Å². The summed E-state index contributed by atoms with van der Waals surface area (Å²) in [5.41, 5.74) is 4.18. The van der Waals surface area contributed by atoms with Crippen molar-refractivity contribution in [2.75, 3.05) is 19.8 Å². The second-order valence-corrected chi connectivity index (χ2v) is 7.80. The second-order valence-electron chi connectivity index (χ2n) is 6.94. The lowest BCUT2D eigenvalue weighted by molar-refractivity contribution is -0.120. The van der Waals surface area contributed by atoms with Crippen LogP contribution in [0.1, 0.15) is 30.7 Å². The van der Waals surface area contributed by atoms with Crippen molar-refractivity contribution in [3.63, 3.8) is 0 Å². The molecule has 0 aliphatic heterocycles. The van der Waals surface area contributed by atoms with Crippen LogP contribution in [-0.2, 0) is 17.6 Å². The van der Waals surface area contributed by atoms with Gasteiger partial charge in [-0.1, -0.05) is 29.8 Å². The molecule has 0 aliphatic carbocycles. The van der Waals surface area contributed by atoms with Gasteiger partial charge in [0, 0.05) is 17.5 Å². The van der Waals surface area contributed by atoms with Crippen LogP contribution in [0.25, 0.3) is 10.6 Å². The Morgan fingerprint density at radius 3 is 2.63 bits per heavy atom. The third-order valence-electron chi connectivity index (χ3n) is 4.50. The van der Waals surface area contributed by atoms with Crippen LogP contribution in [0.2, 0.25) is 0 Å². The molecular formula is C24H28N2O3S. The summed E-state index contributed by atoms with van der Waals surface area (Å²) in [6, 6.07) is 14.2. The molecule has 6 heteroatoms. The van der Waals surface area contributed by atoms with Crippen LogP contribution in [0.4, 0.5) is 0 Å². The molecule has 1 aromatic heterocycles. The molecule has 5 nitrogen and oxygen atoms in total. The van der Waals surface area contributed by atoms with Crippen molar-refractivity contribution < 1.29 is 14.3 Å². The van der Waals surface area contributed by atoms with E-state index in [1.165, 1.54) is 5.56 Å². The summed E-state index contributed by atoms with van der Waals surface area (Å²) in [4.78, 5) is 16.9. The number of aryl methyl sites for hydroxylation is 1. The molecule has 158 valence electrons. The molecule has 0 spiro atoms. The third-order valence-corrected chi connectivity index (χ3v) is 5.44. The van der Waals surface area contributed by atoms with Crippen molar-refractivity contribution >= 4 is 17.2 Å². The van der Waals surface area contributed by atoms with Crippen LogP contribution in [0.5, 0.6) is 11.5 Å².